The fourth-order valence-corrected chi connectivity index (χ4v) is 2.21. The van der Waals surface area contributed by atoms with Crippen molar-refractivity contribution in [3.05, 3.63) is 51.7 Å². The van der Waals surface area contributed by atoms with Crippen molar-refractivity contribution in [2.45, 2.75) is 13.8 Å². The molecule has 0 aliphatic rings. The molecule has 0 saturated heterocycles. The molecule has 0 saturated carbocycles. The Morgan fingerprint density at radius 1 is 1.30 bits per heavy atom. The lowest BCUT2D eigenvalue weighted by Crippen LogP contribution is -2.25. The van der Waals surface area contributed by atoms with Crippen molar-refractivity contribution in [3.8, 4) is 0 Å². The zero-order valence-electron chi connectivity index (χ0n) is 11.5. The molecule has 2 N–H and O–H groups in total. The maximum atomic E-state index is 11.6. The van der Waals surface area contributed by atoms with Crippen molar-refractivity contribution >= 4 is 29.1 Å². The van der Waals surface area contributed by atoms with Crippen molar-refractivity contribution in [1.29, 1.82) is 0 Å². The number of carbonyl (C=O) groups excluding carboxylic acids is 1. The van der Waals surface area contributed by atoms with Crippen molar-refractivity contribution in [2.24, 2.45) is 5.10 Å². The van der Waals surface area contributed by atoms with E-state index in [1.807, 2.05) is 41.9 Å². The lowest BCUT2D eigenvalue weighted by Gasteiger charge is -2.07. The van der Waals surface area contributed by atoms with E-state index in [2.05, 4.69) is 22.8 Å². The summed E-state index contributed by atoms with van der Waals surface area (Å²) < 4.78 is 0. The second kappa shape index (κ2) is 6.86. The van der Waals surface area contributed by atoms with Crippen molar-refractivity contribution in [2.75, 3.05) is 11.9 Å². The Morgan fingerprint density at radius 3 is 2.85 bits per heavy atom. The Balaban J connectivity index is 1.78. The molecule has 0 radical (unpaired) electrons. The third-order valence-corrected chi connectivity index (χ3v) is 3.61. The van der Waals surface area contributed by atoms with E-state index in [1.165, 1.54) is 11.1 Å². The highest BCUT2D eigenvalue weighted by molar-refractivity contribution is 7.08. The molecule has 1 heterocycles. The van der Waals surface area contributed by atoms with Gasteiger partial charge in [-0.2, -0.15) is 16.4 Å². The number of hydrogen-bond donors (Lipinski definition) is 2. The van der Waals surface area contributed by atoms with E-state index in [0.29, 0.717) is 0 Å². The second-order valence-electron chi connectivity index (χ2n) is 4.50. The van der Waals surface area contributed by atoms with Crippen LogP contribution < -0.4 is 10.7 Å². The van der Waals surface area contributed by atoms with E-state index >= 15 is 0 Å². The van der Waals surface area contributed by atoms with Crippen LogP contribution in [0.5, 0.6) is 0 Å². The average molecular weight is 287 g/mol. The molecule has 2 rings (SSSR count). The molecule has 0 fully saturated rings. The van der Waals surface area contributed by atoms with Crippen molar-refractivity contribution in [1.82, 2.24) is 5.43 Å². The van der Waals surface area contributed by atoms with Crippen molar-refractivity contribution in [3.63, 3.8) is 0 Å². The molecule has 1 aromatic carbocycles. The van der Waals surface area contributed by atoms with Gasteiger partial charge in [-0.3, -0.25) is 4.79 Å². The van der Waals surface area contributed by atoms with Crippen LogP contribution in [0.15, 0.2) is 40.1 Å². The third-order valence-electron chi connectivity index (χ3n) is 2.91. The number of nitrogens with one attached hydrogen (secondary N) is 2. The van der Waals surface area contributed by atoms with Gasteiger partial charge in [-0.1, -0.05) is 6.07 Å². The van der Waals surface area contributed by atoms with Crippen molar-refractivity contribution < 1.29 is 4.79 Å². The summed E-state index contributed by atoms with van der Waals surface area (Å²) in [6.45, 7) is 4.31. The molecule has 0 aliphatic heterocycles. The molecule has 0 atom stereocenters. The zero-order valence-corrected chi connectivity index (χ0v) is 12.3. The number of hydrogen-bond acceptors (Lipinski definition) is 4. The second-order valence-corrected chi connectivity index (χ2v) is 5.28. The number of amides is 1. The SMILES string of the molecule is Cc1ccc(NCC(=O)N/N=C\c2ccsc2)cc1C. The highest BCUT2D eigenvalue weighted by atomic mass is 32.1. The summed E-state index contributed by atoms with van der Waals surface area (Å²) in [5.74, 6) is -0.172. The van der Waals surface area contributed by atoms with Crippen LogP contribution in [0.25, 0.3) is 0 Å². The van der Waals surface area contributed by atoms with E-state index in [4.69, 9.17) is 0 Å². The van der Waals surface area contributed by atoms with Gasteiger partial charge in [0.25, 0.3) is 5.91 Å². The summed E-state index contributed by atoms with van der Waals surface area (Å²) in [6, 6.07) is 7.96. The highest BCUT2D eigenvalue weighted by Crippen LogP contribution is 2.13. The van der Waals surface area contributed by atoms with Crippen LogP contribution in [0.2, 0.25) is 0 Å². The summed E-state index contributed by atoms with van der Waals surface area (Å²) in [7, 11) is 0. The molecule has 104 valence electrons. The van der Waals surface area contributed by atoms with Crippen LogP contribution in [0, 0.1) is 13.8 Å². The first-order chi connectivity index (χ1) is 9.65. The number of benzene rings is 1. The molecule has 0 unspecified atom stereocenters. The quantitative estimate of drug-likeness (QED) is 0.656. The molecule has 5 heteroatoms. The minimum atomic E-state index is -0.172. The number of aryl methyl sites for hydroxylation is 2. The van der Waals surface area contributed by atoms with Gasteiger partial charge >= 0.3 is 0 Å². The fourth-order valence-electron chi connectivity index (χ4n) is 1.60. The lowest BCUT2D eigenvalue weighted by atomic mass is 10.1. The zero-order chi connectivity index (χ0) is 14.4. The maximum Gasteiger partial charge on any atom is 0.259 e. The predicted octanol–water partition coefficient (Wildman–Crippen LogP) is 2.93. The topological polar surface area (TPSA) is 53.5 Å². The molecule has 1 aromatic heterocycles. The van der Waals surface area contributed by atoms with E-state index in [9.17, 15) is 4.79 Å². The summed E-state index contributed by atoms with van der Waals surface area (Å²) in [5.41, 5.74) is 6.85. The minimum absolute atomic E-state index is 0.172. The predicted molar refractivity (Wildman–Crippen MR) is 84.5 cm³/mol. The van der Waals surface area contributed by atoms with Gasteiger partial charge in [-0.25, -0.2) is 5.43 Å². The standard InChI is InChI=1S/C15H17N3OS/c1-11-3-4-14(7-12(11)2)16-9-15(19)18-17-8-13-5-6-20-10-13/h3-8,10,16H,9H2,1-2H3,(H,18,19)/b17-8-. The van der Waals surface area contributed by atoms with Crippen LogP contribution in [-0.2, 0) is 4.79 Å². The summed E-state index contributed by atoms with van der Waals surface area (Å²) >= 11 is 1.59. The third kappa shape index (κ3) is 4.20. The molecule has 0 bridgehead atoms. The number of thiophene rings is 1. The van der Waals surface area contributed by atoms with Gasteiger partial charge in [0, 0.05) is 11.3 Å². The van der Waals surface area contributed by atoms with E-state index in [0.717, 1.165) is 11.3 Å². The largest absolute Gasteiger partial charge is 0.376 e. The van der Waals surface area contributed by atoms with Gasteiger partial charge in [0.1, 0.15) is 0 Å². The molecule has 0 aliphatic carbocycles. The van der Waals surface area contributed by atoms with Gasteiger partial charge in [-0.15, -0.1) is 0 Å². The van der Waals surface area contributed by atoms with Gasteiger partial charge in [-0.05, 0) is 53.9 Å². The number of rotatable bonds is 5. The summed E-state index contributed by atoms with van der Waals surface area (Å²) in [4.78, 5) is 11.6. The average Bonchev–Trinajstić information content (AvgIpc) is 2.93. The molecular weight excluding hydrogens is 270 g/mol. The van der Waals surface area contributed by atoms with Crippen LogP contribution in [0.1, 0.15) is 16.7 Å². The van der Waals surface area contributed by atoms with Crippen LogP contribution in [-0.4, -0.2) is 18.7 Å². The highest BCUT2D eigenvalue weighted by Gasteiger charge is 2.00. The van der Waals surface area contributed by atoms with Crippen LogP contribution >= 0.6 is 11.3 Å². The first-order valence-electron chi connectivity index (χ1n) is 6.30. The monoisotopic (exact) mass is 287 g/mol. The number of nitrogens with zero attached hydrogens (tertiary/aromatic N) is 1. The maximum absolute atomic E-state index is 11.6. The normalized spacial score (nSPS) is 10.7. The van der Waals surface area contributed by atoms with Crippen LogP contribution in [0.4, 0.5) is 5.69 Å². The molecule has 20 heavy (non-hydrogen) atoms. The Hall–Kier alpha value is -2.14. The number of anilines is 1. The first kappa shape index (κ1) is 14.3. The first-order valence-corrected chi connectivity index (χ1v) is 7.24. The van der Waals surface area contributed by atoms with Gasteiger partial charge < -0.3 is 5.32 Å². The van der Waals surface area contributed by atoms with E-state index in [1.54, 1.807) is 17.6 Å². The van der Waals surface area contributed by atoms with Gasteiger partial charge in [0.2, 0.25) is 0 Å². The molecule has 2 aromatic rings. The molecule has 4 nitrogen and oxygen atoms in total. The smallest absolute Gasteiger partial charge is 0.259 e. The van der Waals surface area contributed by atoms with E-state index < -0.39 is 0 Å². The number of carbonyl (C=O) groups is 1. The Kier molecular flexibility index (Phi) is 4.90. The Morgan fingerprint density at radius 2 is 2.15 bits per heavy atom. The van der Waals surface area contributed by atoms with Gasteiger partial charge in [0.15, 0.2) is 0 Å². The summed E-state index contributed by atoms with van der Waals surface area (Å²) in [5, 5.41) is 10.9. The molecule has 1 amide bonds. The summed E-state index contributed by atoms with van der Waals surface area (Å²) in [6.07, 6.45) is 1.63. The molecular formula is C15H17N3OS. The fraction of sp³-hybridized carbons (Fsp3) is 0.200. The Bertz CT molecular complexity index is 606. The molecule has 0 spiro atoms. The Labute approximate surface area is 122 Å². The van der Waals surface area contributed by atoms with E-state index in [-0.39, 0.29) is 12.5 Å². The number of hydrazone groups is 1. The lowest BCUT2D eigenvalue weighted by molar-refractivity contribution is -0.119. The van der Waals surface area contributed by atoms with Crippen LogP contribution in [0.3, 0.4) is 0 Å². The van der Waals surface area contributed by atoms with Gasteiger partial charge in [0.05, 0.1) is 12.8 Å². The minimum Gasteiger partial charge on any atom is -0.376 e.